The average molecular weight is 323 g/mol. The lowest BCUT2D eigenvalue weighted by Crippen LogP contribution is -2.45. The molecule has 1 heterocycles. The van der Waals surface area contributed by atoms with E-state index in [2.05, 4.69) is 12.2 Å². The summed E-state index contributed by atoms with van der Waals surface area (Å²) < 4.78 is 24.4. The predicted octanol–water partition coefficient (Wildman–Crippen LogP) is 2.91. The van der Waals surface area contributed by atoms with Gasteiger partial charge in [-0.1, -0.05) is 12.1 Å². The van der Waals surface area contributed by atoms with Gasteiger partial charge in [0.05, 0.1) is 19.3 Å². The Kier molecular flexibility index (Phi) is 5.31. The lowest BCUT2D eigenvalue weighted by molar-refractivity contribution is -0.179. The molecule has 1 aromatic carbocycles. The Bertz CT molecular complexity index is 491. The molecule has 1 saturated carbocycles. The van der Waals surface area contributed by atoms with Crippen molar-refractivity contribution in [1.82, 2.24) is 5.32 Å². The SMILES string of the molecule is C[C@H](C[C@@H](O)c1ccc(F)cc1)NC1CCC2(CC1)OCCO2. The third-order valence-electron chi connectivity index (χ3n) is 4.91. The van der Waals surface area contributed by atoms with Crippen LogP contribution in [0, 0.1) is 5.82 Å². The molecule has 128 valence electrons. The molecule has 1 spiro atoms. The van der Waals surface area contributed by atoms with Crippen molar-refractivity contribution in [3.05, 3.63) is 35.6 Å². The monoisotopic (exact) mass is 323 g/mol. The first-order valence-corrected chi connectivity index (χ1v) is 8.54. The van der Waals surface area contributed by atoms with Crippen molar-refractivity contribution >= 4 is 0 Å². The fourth-order valence-corrected chi connectivity index (χ4v) is 3.64. The molecule has 1 aliphatic carbocycles. The minimum Gasteiger partial charge on any atom is -0.388 e. The summed E-state index contributed by atoms with van der Waals surface area (Å²) >= 11 is 0. The second-order valence-electron chi connectivity index (χ2n) is 6.75. The molecule has 0 unspecified atom stereocenters. The van der Waals surface area contributed by atoms with Gasteiger partial charge >= 0.3 is 0 Å². The van der Waals surface area contributed by atoms with Crippen LogP contribution in [0.2, 0.25) is 0 Å². The molecule has 2 atom stereocenters. The zero-order valence-electron chi connectivity index (χ0n) is 13.6. The summed E-state index contributed by atoms with van der Waals surface area (Å²) in [6.45, 7) is 3.50. The molecule has 0 amide bonds. The molecule has 2 fully saturated rings. The number of halogens is 1. The van der Waals surface area contributed by atoms with Gasteiger partial charge in [-0.3, -0.25) is 0 Å². The Labute approximate surface area is 137 Å². The first-order valence-electron chi connectivity index (χ1n) is 8.54. The Morgan fingerprint density at radius 3 is 2.43 bits per heavy atom. The van der Waals surface area contributed by atoms with Crippen LogP contribution in [0.1, 0.15) is 50.7 Å². The van der Waals surface area contributed by atoms with E-state index in [1.54, 1.807) is 12.1 Å². The van der Waals surface area contributed by atoms with Gasteiger partial charge in [-0.15, -0.1) is 0 Å². The van der Waals surface area contributed by atoms with Gasteiger partial charge in [-0.2, -0.15) is 0 Å². The second kappa shape index (κ2) is 7.26. The van der Waals surface area contributed by atoms with E-state index in [0.717, 1.165) is 31.2 Å². The fourth-order valence-electron chi connectivity index (χ4n) is 3.64. The zero-order chi connectivity index (χ0) is 16.3. The highest BCUT2D eigenvalue weighted by atomic mass is 19.1. The number of rotatable bonds is 5. The highest BCUT2D eigenvalue weighted by Crippen LogP contribution is 2.36. The summed E-state index contributed by atoms with van der Waals surface area (Å²) in [4.78, 5) is 0. The number of aliphatic hydroxyl groups is 1. The van der Waals surface area contributed by atoms with E-state index in [4.69, 9.17) is 9.47 Å². The van der Waals surface area contributed by atoms with Gasteiger partial charge in [-0.25, -0.2) is 4.39 Å². The quantitative estimate of drug-likeness (QED) is 0.875. The van der Waals surface area contributed by atoms with Crippen molar-refractivity contribution in [3.8, 4) is 0 Å². The summed E-state index contributed by atoms with van der Waals surface area (Å²) in [5.41, 5.74) is 0.760. The molecular formula is C18H26FNO3. The Morgan fingerprint density at radius 1 is 1.22 bits per heavy atom. The molecule has 0 bridgehead atoms. The third kappa shape index (κ3) is 4.29. The first-order chi connectivity index (χ1) is 11.1. The van der Waals surface area contributed by atoms with Crippen LogP contribution in [0.25, 0.3) is 0 Å². The molecule has 1 saturated heterocycles. The van der Waals surface area contributed by atoms with E-state index in [-0.39, 0.29) is 17.6 Å². The molecule has 3 rings (SSSR count). The fraction of sp³-hybridized carbons (Fsp3) is 0.667. The topological polar surface area (TPSA) is 50.7 Å². The first kappa shape index (κ1) is 16.8. The number of nitrogens with one attached hydrogen (secondary N) is 1. The van der Waals surface area contributed by atoms with Gasteiger partial charge in [0.2, 0.25) is 0 Å². The van der Waals surface area contributed by atoms with E-state index >= 15 is 0 Å². The maximum atomic E-state index is 12.9. The van der Waals surface area contributed by atoms with Crippen LogP contribution >= 0.6 is 0 Å². The third-order valence-corrected chi connectivity index (χ3v) is 4.91. The van der Waals surface area contributed by atoms with Crippen LogP contribution in [0.4, 0.5) is 4.39 Å². The van der Waals surface area contributed by atoms with Crippen molar-refractivity contribution < 1.29 is 19.0 Å². The van der Waals surface area contributed by atoms with Gasteiger partial charge in [-0.05, 0) is 43.9 Å². The lowest BCUT2D eigenvalue weighted by atomic mass is 9.89. The number of hydrogen-bond acceptors (Lipinski definition) is 4. The van der Waals surface area contributed by atoms with Crippen LogP contribution < -0.4 is 5.32 Å². The summed E-state index contributed by atoms with van der Waals surface area (Å²) in [7, 11) is 0. The van der Waals surface area contributed by atoms with Gasteiger partial charge in [0.15, 0.2) is 5.79 Å². The molecular weight excluding hydrogens is 297 g/mol. The minimum atomic E-state index is -0.575. The van der Waals surface area contributed by atoms with E-state index in [1.807, 2.05) is 0 Å². The highest BCUT2D eigenvalue weighted by molar-refractivity contribution is 5.18. The van der Waals surface area contributed by atoms with Crippen LogP contribution in [0.15, 0.2) is 24.3 Å². The molecule has 0 aromatic heterocycles. The van der Waals surface area contributed by atoms with Crippen molar-refractivity contribution in [3.63, 3.8) is 0 Å². The molecule has 4 nitrogen and oxygen atoms in total. The van der Waals surface area contributed by atoms with E-state index in [0.29, 0.717) is 25.7 Å². The number of aliphatic hydroxyl groups excluding tert-OH is 1. The van der Waals surface area contributed by atoms with Gasteiger partial charge < -0.3 is 19.9 Å². The molecule has 2 N–H and O–H groups in total. The number of benzene rings is 1. The highest BCUT2D eigenvalue weighted by Gasteiger charge is 2.40. The minimum absolute atomic E-state index is 0.194. The maximum absolute atomic E-state index is 12.9. The second-order valence-corrected chi connectivity index (χ2v) is 6.75. The van der Waals surface area contributed by atoms with Crippen LogP contribution in [0.5, 0.6) is 0 Å². The molecule has 5 heteroatoms. The van der Waals surface area contributed by atoms with Gasteiger partial charge in [0.25, 0.3) is 0 Å². The molecule has 0 radical (unpaired) electrons. The summed E-state index contributed by atoms with van der Waals surface area (Å²) in [5, 5.41) is 13.9. The summed E-state index contributed by atoms with van der Waals surface area (Å²) in [5.74, 6) is -0.603. The van der Waals surface area contributed by atoms with Crippen molar-refractivity contribution in [2.45, 2.75) is 63.0 Å². The standard InChI is InChI=1S/C18H26FNO3/c1-13(12-17(21)14-2-4-15(19)5-3-14)20-16-6-8-18(9-7-16)22-10-11-23-18/h2-5,13,16-17,20-21H,6-12H2,1H3/t13-,17-/m1/s1. The number of ether oxygens (including phenoxy) is 2. The van der Waals surface area contributed by atoms with Crippen LogP contribution in [-0.2, 0) is 9.47 Å². The summed E-state index contributed by atoms with van der Waals surface area (Å²) in [6, 6.07) is 6.69. The maximum Gasteiger partial charge on any atom is 0.168 e. The van der Waals surface area contributed by atoms with Gasteiger partial charge in [0.1, 0.15) is 5.82 Å². The normalized spacial score (nSPS) is 24.0. The van der Waals surface area contributed by atoms with Crippen LogP contribution in [0.3, 0.4) is 0 Å². The molecule has 23 heavy (non-hydrogen) atoms. The molecule has 1 aromatic rings. The Balaban J connectivity index is 1.44. The van der Waals surface area contributed by atoms with Crippen molar-refractivity contribution in [2.24, 2.45) is 0 Å². The smallest absolute Gasteiger partial charge is 0.168 e. The van der Waals surface area contributed by atoms with E-state index in [9.17, 15) is 9.50 Å². The zero-order valence-corrected chi connectivity index (χ0v) is 13.6. The Hall–Kier alpha value is -1.01. The van der Waals surface area contributed by atoms with Crippen molar-refractivity contribution in [1.29, 1.82) is 0 Å². The van der Waals surface area contributed by atoms with Crippen LogP contribution in [-0.4, -0.2) is 36.2 Å². The molecule has 2 aliphatic rings. The van der Waals surface area contributed by atoms with E-state index in [1.165, 1.54) is 12.1 Å². The molecule has 1 aliphatic heterocycles. The Morgan fingerprint density at radius 2 is 1.83 bits per heavy atom. The van der Waals surface area contributed by atoms with E-state index < -0.39 is 6.10 Å². The number of hydrogen-bond donors (Lipinski definition) is 2. The van der Waals surface area contributed by atoms with Crippen molar-refractivity contribution in [2.75, 3.05) is 13.2 Å². The lowest BCUT2D eigenvalue weighted by Gasteiger charge is -2.37. The predicted molar refractivity (Wildman–Crippen MR) is 85.5 cm³/mol. The average Bonchev–Trinajstić information content (AvgIpc) is 2.99. The summed E-state index contributed by atoms with van der Waals surface area (Å²) in [6.07, 6.45) is 3.94. The van der Waals surface area contributed by atoms with Gasteiger partial charge in [0, 0.05) is 24.9 Å². The largest absolute Gasteiger partial charge is 0.388 e.